The number of halogens is 1. The van der Waals surface area contributed by atoms with Gasteiger partial charge in [0.25, 0.3) is 0 Å². The highest BCUT2D eigenvalue weighted by molar-refractivity contribution is 5.33. The van der Waals surface area contributed by atoms with E-state index in [9.17, 15) is 4.39 Å². The van der Waals surface area contributed by atoms with Gasteiger partial charge in [0, 0.05) is 13.1 Å². The van der Waals surface area contributed by atoms with Gasteiger partial charge in [-0.3, -0.25) is 0 Å². The van der Waals surface area contributed by atoms with E-state index in [1.54, 1.807) is 6.07 Å². The Morgan fingerprint density at radius 1 is 1.43 bits per heavy atom. The number of ether oxygens (including phenoxy) is 1. The molecule has 1 aliphatic heterocycles. The Kier molecular flexibility index (Phi) is 2.19. The predicted octanol–water partition coefficient (Wildman–Crippen LogP) is 1.87. The first-order valence-electron chi connectivity index (χ1n) is 4.75. The normalized spacial score (nSPS) is 18.8. The minimum absolute atomic E-state index is 0.122. The molecule has 2 nitrogen and oxygen atoms in total. The van der Waals surface area contributed by atoms with Crippen LogP contribution in [0.5, 0.6) is 5.75 Å². The lowest BCUT2D eigenvalue weighted by atomic mass is 10.00. The van der Waals surface area contributed by atoms with Crippen LogP contribution in [-0.4, -0.2) is 18.7 Å². The summed E-state index contributed by atoms with van der Waals surface area (Å²) in [6.45, 7) is 5.60. The lowest BCUT2D eigenvalue weighted by molar-refractivity contribution is 0.0341. The van der Waals surface area contributed by atoms with Crippen molar-refractivity contribution in [2.75, 3.05) is 13.1 Å². The van der Waals surface area contributed by atoms with Crippen molar-refractivity contribution in [3.63, 3.8) is 0 Å². The summed E-state index contributed by atoms with van der Waals surface area (Å²) >= 11 is 0. The fourth-order valence-electron chi connectivity index (χ4n) is 1.54. The number of aryl methyl sites for hydroxylation is 1. The molecule has 3 heteroatoms. The van der Waals surface area contributed by atoms with Crippen molar-refractivity contribution in [2.45, 2.75) is 19.4 Å². The van der Waals surface area contributed by atoms with Crippen molar-refractivity contribution < 1.29 is 9.13 Å². The Hall–Kier alpha value is -1.09. The van der Waals surface area contributed by atoms with Gasteiger partial charge < -0.3 is 10.1 Å². The van der Waals surface area contributed by atoms with E-state index in [0.29, 0.717) is 0 Å². The number of benzene rings is 1. The average molecular weight is 195 g/mol. The molecule has 0 radical (unpaired) electrons. The largest absolute Gasteiger partial charge is 0.485 e. The van der Waals surface area contributed by atoms with Crippen molar-refractivity contribution in [1.82, 2.24) is 5.32 Å². The van der Waals surface area contributed by atoms with E-state index >= 15 is 0 Å². The highest BCUT2D eigenvalue weighted by Gasteiger charge is 2.34. The lowest BCUT2D eigenvalue weighted by Crippen LogP contribution is -2.61. The molecule has 0 saturated carbocycles. The van der Waals surface area contributed by atoms with E-state index in [2.05, 4.69) is 5.32 Å². The van der Waals surface area contributed by atoms with Crippen LogP contribution in [0.15, 0.2) is 18.2 Å². The summed E-state index contributed by atoms with van der Waals surface area (Å²) in [6, 6.07) is 4.61. The van der Waals surface area contributed by atoms with Gasteiger partial charge in [0.2, 0.25) is 0 Å². The SMILES string of the molecule is Cc1cc(F)ccc1OC1(C)CNC1. The maximum absolute atomic E-state index is 12.8. The molecule has 1 fully saturated rings. The highest BCUT2D eigenvalue weighted by Crippen LogP contribution is 2.25. The average Bonchev–Trinajstić information content (AvgIpc) is 2.07. The number of hydrogen-bond donors (Lipinski definition) is 1. The van der Waals surface area contributed by atoms with Crippen LogP contribution in [0.25, 0.3) is 0 Å². The monoisotopic (exact) mass is 195 g/mol. The van der Waals surface area contributed by atoms with Crippen LogP contribution < -0.4 is 10.1 Å². The molecule has 1 saturated heterocycles. The topological polar surface area (TPSA) is 21.3 Å². The second-order valence-corrected chi connectivity index (χ2v) is 4.07. The predicted molar refractivity (Wildman–Crippen MR) is 53.0 cm³/mol. The molecule has 14 heavy (non-hydrogen) atoms. The van der Waals surface area contributed by atoms with Gasteiger partial charge in [-0.1, -0.05) is 0 Å². The van der Waals surface area contributed by atoms with Crippen LogP contribution in [0.3, 0.4) is 0 Å². The molecular weight excluding hydrogens is 181 g/mol. The number of hydrogen-bond acceptors (Lipinski definition) is 2. The highest BCUT2D eigenvalue weighted by atomic mass is 19.1. The van der Waals surface area contributed by atoms with Crippen molar-refractivity contribution >= 4 is 0 Å². The molecule has 1 aromatic carbocycles. The molecule has 76 valence electrons. The molecule has 0 spiro atoms. The Morgan fingerprint density at radius 2 is 2.14 bits per heavy atom. The quantitative estimate of drug-likeness (QED) is 0.778. The van der Waals surface area contributed by atoms with Crippen LogP contribution in [0.2, 0.25) is 0 Å². The zero-order valence-corrected chi connectivity index (χ0v) is 8.43. The van der Waals surface area contributed by atoms with E-state index in [1.165, 1.54) is 12.1 Å². The van der Waals surface area contributed by atoms with Crippen molar-refractivity contribution in [3.8, 4) is 5.75 Å². The summed E-state index contributed by atoms with van der Waals surface area (Å²) in [5.74, 6) is 0.558. The molecule has 0 amide bonds. The summed E-state index contributed by atoms with van der Waals surface area (Å²) < 4.78 is 18.6. The fourth-order valence-corrected chi connectivity index (χ4v) is 1.54. The molecule has 2 rings (SSSR count). The minimum atomic E-state index is -0.216. The van der Waals surface area contributed by atoms with E-state index < -0.39 is 0 Å². The van der Waals surface area contributed by atoms with E-state index in [4.69, 9.17) is 4.74 Å². The number of rotatable bonds is 2. The van der Waals surface area contributed by atoms with Gasteiger partial charge in [-0.2, -0.15) is 0 Å². The minimum Gasteiger partial charge on any atom is -0.485 e. The maximum Gasteiger partial charge on any atom is 0.131 e. The van der Waals surface area contributed by atoms with Crippen LogP contribution in [0.4, 0.5) is 4.39 Å². The van der Waals surface area contributed by atoms with Gasteiger partial charge >= 0.3 is 0 Å². The van der Waals surface area contributed by atoms with Crippen LogP contribution in [0, 0.1) is 12.7 Å². The van der Waals surface area contributed by atoms with Crippen LogP contribution in [-0.2, 0) is 0 Å². The summed E-state index contributed by atoms with van der Waals surface area (Å²) in [5.41, 5.74) is 0.723. The molecular formula is C11H14FNO. The molecule has 0 atom stereocenters. The molecule has 1 heterocycles. The second kappa shape index (κ2) is 3.24. The lowest BCUT2D eigenvalue weighted by Gasteiger charge is -2.39. The first-order valence-corrected chi connectivity index (χ1v) is 4.75. The van der Waals surface area contributed by atoms with Gasteiger partial charge in [0.1, 0.15) is 17.2 Å². The molecule has 1 N–H and O–H groups in total. The van der Waals surface area contributed by atoms with Gasteiger partial charge in [-0.15, -0.1) is 0 Å². The zero-order valence-electron chi connectivity index (χ0n) is 8.43. The summed E-state index contributed by atoms with van der Waals surface area (Å²) in [4.78, 5) is 0. The molecule has 0 aliphatic carbocycles. The van der Waals surface area contributed by atoms with Crippen LogP contribution in [0.1, 0.15) is 12.5 Å². The fraction of sp³-hybridized carbons (Fsp3) is 0.455. The Balaban J connectivity index is 2.16. The first kappa shape index (κ1) is 9.46. The smallest absolute Gasteiger partial charge is 0.131 e. The second-order valence-electron chi connectivity index (χ2n) is 4.07. The molecule has 1 aromatic rings. The van der Waals surface area contributed by atoms with E-state index in [1.807, 2.05) is 13.8 Å². The molecule has 0 unspecified atom stereocenters. The first-order chi connectivity index (χ1) is 6.59. The Morgan fingerprint density at radius 3 is 2.64 bits per heavy atom. The van der Waals surface area contributed by atoms with Gasteiger partial charge in [-0.05, 0) is 37.6 Å². The Labute approximate surface area is 83.1 Å². The molecule has 0 aromatic heterocycles. The van der Waals surface area contributed by atoms with Gasteiger partial charge in [0.15, 0.2) is 0 Å². The van der Waals surface area contributed by atoms with Gasteiger partial charge in [-0.25, -0.2) is 4.39 Å². The summed E-state index contributed by atoms with van der Waals surface area (Å²) in [6.07, 6.45) is 0. The molecule has 1 aliphatic rings. The van der Waals surface area contributed by atoms with Crippen LogP contribution >= 0.6 is 0 Å². The van der Waals surface area contributed by atoms with E-state index in [-0.39, 0.29) is 11.4 Å². The third kappa shape index (κ3) is 1.73. The number of nitrogens with one attached hydrogen (secondary N) is 1. The maximum atomic E-state index is 12.8. The van der Waals surface area contributed by atoms with Crippen molar-refractivity contribution in [2.24, 2.45) is 0 Å². The summed E-state index contributed by atoms with van der Waals surface area (Å²) in [7, 11) is 0. The summed E-state index contributed by atoms with van der Waals surface area (Å²) in [5, 5.41) is 3.15. The van der Waals surface area contributed by atoms with Gasteiger partial charge in [0.05, 0.1) is 0 Å². The molecule has 0 bridgehead atoms. The van der Waals surface area contributed by atoms with E-state index in [0.717, 1.165) is 24.4 Å². The van der Waals surface area contributed by atoms with Crippen molar-refractivity contribution in [1.29, 1.82) is 0 Å². The third-order valence-electron chi connectivity index (χ3n) is 2.49. The standard InChI is InChI=1S/C11H14FNO/c1-8-5-9(12)3-4-10(8)14-11(2)6-13-7-11/h3-5,13H,6-7H2,1-2H3. The third-order valence-corrected chi connectivity index (χ3v) is 2.49. The Bertz CT molecular complexity index is 347. The van der Waals surface area contributed by atoms with Crippen molar-refractivity contribution in [3.05, 3.63) is 29.6 Å². The zero-order chi connectivity index (χ0) is 10.2.